The number of rotatable bonds is 3. The smallest absolute Gasteiger partial charge is 0.406 e. The van der Waals surface area contributed by atoms with Crippen molar-refractivity contribution in [2.75, 3.05) is 0 Å². The monoisotopic (exact) mass is 261 g/mol. The third-order valence-corrected chi connectivity index (χ3v) is 1.89. The van der Waals surface area contributed by atoms with Crippen LogP contribution in [0.1, 0.15) is 19.4 Å². The summed E-state index contributed by atoms with van der Waals surface area (Å²) in [5.74, 6) is 5.42. The number of hydrogen-bond acceptors (Lipinski definition) is 3. The Balaban J connectivity index is 2.88. The van der Waals surface area contributed by atoms with Crippen molar-refractivity contribution >= 4 is 5.84 Å². The van der Waals surface area contributed by atoms with E-state index in [1.807, 2.05) is 13.8 Å². The van der Waals surface area contributed by atoms with Crippen LogP contribution < -0.4 is 16.0 Å². The van der Waals surface area contributed by atoms with Crippen molar-refractivity contribution < 1.29 is 17.9 Å². The van der Waals surface area contributed by atoms with Gasteiger partial charge in [0.25, 0.3) is 0 Å². The van der Waals surface area contributed by atoms with E-state index in [1.54, 1.807) is 0 Å². The molecule has 7 heteroatoms. The molecule has 100 valence electrons. The van der Waals surface area contributed by atoms with Crippen molar-refractivity contribution in [2.24, 2.45) is 10.8 Å². The second-order valence-electron chi connectivity index (χ2n) is 3.79. The van der Waals surface area contributed by atoms with Crippen LogP contribution in [-0.4, -0.2) is 18.2 Å². The third kappa shape index (κ3) is 4.62. The van der Waals surface area contributed by atoms with Crippen molar-refractivity contribution in [3.63, 3.8) is 0 Å². The number of ether oxygens (including phenoxy) is 1. The molecule has 0 bridgehead atoms. The standard InChI is InChI=1S/C11H14F3N3O/c1-7(2)16-10(17-15)8-3-5-9(6-4-8)18-11(12,13)14/h3-7H,15H2,1-2H3,(H,16,17). The van der Waals surface area contributed by atoms with Crippen molar-refractivity contribution in [3.05, 3.63) is 29.8 Å². The lowest BCUT2D eigenvalue weighted by atomic mass is 10.2. The normalized spacial score (nSPS) is 12.7. The average Bonchev–Trinajstić information content (AvgIpc) is 2.24. The third-order valence-electron chi connectivity index (χ3n) is 1.89. The second-order valence-corrected chi connectivity index (χ2v) is 3.79. The molecule has 0 aliphatic carbocycles. The Labute approximate surface area is 103 Å². The van der Waals surface area contributed by atoms with E-state index in [0.717, 1.165) is 0 Å². The summed E-state index contributed by atoms with van der Waals surface area (Å²) >= 11 is 0. The molecule has 0 aromatic heterocycles. The van der Waals surface area contributed by atoms with E-state index >= 15 is 0 Å². The van der Waals surface area contributed by atoms with Crippen LogP contribution in [0, 0.1) is 0 Å². The summed E-state index contributed by atoms with van der Waals surface area (Å²) in [4.78, 5) is 4.19. The van der Waals surface area contributed by atoms with E-state index in [4.69, 9.17) is 5.84 Å². The van der Waals surface area contributed by atoms with E-state index in [9.17, 15) is 13.2 Å². The molecular weight excluding hydrogens is 247 g/mol. The van der Waals surface area contributed by atoms with Gasteiger partial charge in [0.2, 0.25) is 0 Å². The maximum atomic E-state index is 12.0. The molecule has 0 aliphatic rings. The van der Waals surface area contributed by atoms with Crippen LogP contribution in [0.25, 0.3) is 0 Å². The predicted octanol–water partition coefficient (Wildman–Crippen LogP) is 2.20. The molecule has 0 unspecified atom stereocenters. The lowest BCUT2D eigenvalue weighted by molar-refractivity contribution is -0.274. The first kappa shape index (κ1) is 14.3. The SMILES string of the molecule is CC(C)N=C(NN)c1ccc(OC(F)(F)F)cc1. The zero-order valence-electron chi connectivity index (χ0n) is 9.95. The molecule has 0 saturated carbocycles. The fraction of sp³-hybridized carbons (Fsp3) is 0.364. The van der Waals surface area contributed by atoms with Crippen LogP contribution in [0.2, 0.25) is 0 Å². The van der Waals surface area contributed by atoms with Crippen LogP contribution in [0.4, 0.5) is 13.2 Å². The van der Waals surface area contributed by atoms with Gasteiger partial charge in [-0.2, -0.15) is 0 Å². The molecule has 0 amide bonds. The number of nitrogens with two attached hydrogens (primary N) is 1. The summed E-state index contributed by atoms with van der Waals surface area (Å²) in [5, 5.41) is 0. The fourth-order valence-corrected chi connectivity index (χ4v) is 1.27. The van der Waals surface area contributed by atoms with Gasteiger partial charge in [0, 0.05) is 11.6 Å². The predicted molar refractivity (Wildman–Crippen MR) is 62.1 cm³/mol. The van der Waals surface area contributed by atoms with Crippen LogP contribution in [0.15, 0.2) is 29.3 Å². The largest absolute Gasteiger partial charge is 0.573 e. The minimum absolute atomic E-state index is 0.0159. The highest BCUT2D eigenvalue weighted by molar-refractivity contribution is 5.98. The number of halogens is 3. The molecule has 0 heterocycles. The quantitative estimate of drug-likeness (QED) is 0.379. The van der Waals surface area contributed by atoms with Gasteiger partial charge in [0.15, 0.2) is 0 Å². The Bertz CT molecular complexity index is 413. The summed E-state index contributed by atoms with van der Waals surface area (Å²) in [6.45, 7) is 3.72. The Hall–Kier alpha value is -1.76. The number of nitrogens with one attached hydrogen (secondary N) is 1. The number of aliphatic imine (C=N–C) groups is 1. The Kier molecular flexibility index (Phi) is 4.55. The Morgan fingerprint density at radius 2 is 1.83 bits per heavy atom. The summed E-state index contributed by atoms with van der Waals surface area (Å²) in [5.41, 5.74) is 2.99. The van der Waals surface area contributed by atoms with Crippen LogP contribution in [-0.2, 0) is 0 Å². The first-order valence-electron chi connectivity index (χ1n) is 5.22. The average molecular weight is 261 g/mol. The maximum absolute atomic E-state index is 12.0. The molecule has 0 radical (unpaired) electrons. The van der Waals surface area contributed by atoms with Crippen molar-refractivity contribution in [3.8, 4) is 5.75 Å². The van der Waals surface area contributed by atoms with Gasteiger partial charge in [0.05, 0.1) is 0 Å². The lowest BCUT2D eigenvalue weighted by Gasteiger charge is -2.11. The van der Waals surface area contributed by atoms with Crippen molar-refractivity contribution in [1.29, 1.82) is 0 Å². The summed E-state index contributed by atoms with van der Waals surface area (Å²) in [7, 11) is 0. The highest BCUT2D eigenvalue weighted by Crippen LogP contribution is 2.22. The van der Waals surface area contributed by atoms with Gasteiger partial charge in [-0.3, -0.25) is 4.99 Å². The molecule has 3 N–H and O–H groups in total. The van der Waals surface area contributed by atoms with E-state index < -0.39 is 6.36 Å². The number of amidine groups is 1. The number of hydrogen-bond donors (Lipinski definition) is 2. The van der Waals surface area contributed by atoms with Crippen LogP contribution >= 0.6 is 0 Å². The number of nitrogens with zero attached hydrogens (tertiary/aromatic N) is 1. The van der Waals surface area contributed by atoms with Gasteiger partial charge in [-0.05, 0) is 38.1 Å². The zero-order valence-corrected chi connectivity index (χ0v) is 9.95. The molecule has 4 nitrogen and oxygen atoms in total. The molecule has 0 spiro atoms. The molecule has 0 atom stereocenters. The molecule has 1 rings (SSSR count). The highest BCUT2D eigenvalue weighted by atomic mass is 19.4. The fourth-order valence-electron chi connectivity index (χ4n) is 1.27. The Morgan fingerprint density at radius 1 is 1.28 bits per heavy atom. The molecule has 0 fully saturated rings. The molecule has 18 heavy (non-hydrogen) atoms. The minimum Gasteiger partial charge on any atom is -0.406 e. The van der Waals surface area contributed by atoms with E-state index in [0.29, 0.717) is 11.4 Å². The molecule has 1 aromatic rings. The van der Waals surface area contributed by atoms with E-state index in [2.05, 4.69) is 15.2 Å². The van der Waals surface area contributed by atoms with Gasteiger partial charge in [-0.25, -0.2) is 5.84 Å². The minimum atomic E-state index is -4.69. The Morgan fingerprint density at radius 3 is 2.22 bits per heavy atom. The number of hydrazine groups is 1. The number of alkyl halides is 3. The molecule has 0 aliphatic heterocycles. The number of benzene rings is 1. The van der Waals surface area contributed by atoms with Crippen LogP contribution in [0.3, 0.4) is 0 Å². The van der Waals surface area contributed by atoms with Gasteiger partial charge < -0.3 is 10.2 Å². The van der Waals surface area contributed by atoms with Crippen molar-refractivity contribution in [2.45, 2.75) is 26.3 Å². The van der Waals surface area contributed by atoms with E-state index in [1.165, 1.54) is 24.3 Å². The highest BCUT2D eigenvalue weighted by Gasteiger charge is 2.30. The summed E-state index contributed by atoms with van der Waals surface area (Å²) in [6, 6.07) is 5.32. The molecule has 0 saturated heterocycles. The van der Waals surface area contributed by atoms with Gasteiger partial charge >= 0.3 is 6.36 Å². The zero-order chi connectivity index (χ0) is 13.8. The first-order valence-corrected chi connectivity index (χ1v) is 5.22. The first-order chi connectivity index (χ1) is 8.31. The van der Waals surface area contributed by atoms with Gasteiger partial charge in [-0.15, -0.1) is 13.2 Å². The lowest BCUT2D eigenvalue weighted by Crippen LogP contribution is -2.32. The second kappa shape index (κ2) is 5.72. The van der Waals surface area contributed by atoms with Gasteiger partial charge in [-0.1, -0.05) is 0 Å². The summed E-state index contributed by atoms with van der Waals surface area (Å²) < 4.78 is 39.6. The molecular formula is C11H14F3N3O. The molecule has 1 aromatic carbocycles. The summed E-state index contributed by atoms with van der Waals surface area (Å²) in [6.07, 6.45) is -4.69. The van der Waals surface area contributed by atoms with E-state index in [-0.39, 0.29) is 11.8 Å². The van der Waals surface area contributed by atoms with Crippen molar-refractivity contribution in [1.82, 2.24) is 5.43 Å². The van der Waals surface area contributed by atoms with Gasteiger partial charge in [0.1, 0.15) is 11.6 Å². The topological polar surface area (TPSA) is 59.6 Å². The maximum Gasteiger partial charge on any atom is 0.573 e. The van der Waals surface area contributed by atoms with Crippen LogP contribution in [0.5, 0.6) is 5.75 Å².